The van der Waals surface area contributed by atoms with E-state index in [0.29, 0.717) is 5.52 Å². The molecule has 2 aromatic rings. The molecular formula is C8H6F2N2O. The van der Waals surface area contributed by atoms with Crippen molar-refractivity contribution >= 4 is 11.0 Å². The Kier molecular flexibility index (Phi) is 1.65. The molecule has 68 valence electrons. The minimum Gasteiger partial charge on any atom is -0.506 e. The van der Waals surface area contributed by atoms with Crippen molar-refractivity contribution in [2.45, 2.75) is 6.43 Å². The van der Waals surface area contributed by atoms with E-state index in [1.165, 1.54) is 6.07 Å². The average molecular weight is 184 g/mol. The van der Waals surface area contributed by atoms with Gasteiger partial charge in [-0.25, -0.2) is 13.8 Å². The number of nitrogens with zero attached hydrogens (tertiary/aromatic N) is 1. The van der Waals surface area contributed by atoms with Gasteiger partial charge in [0.2, 0.25) is 0 Å². The third kappa shape index (κ3) is 1.22. The van der Waals surface area contributed by atoms with E-state index in [2.05, 4.69) is 9.97 Å². The Morgan fingerprint density at radius 3 is 2.77 bits per heavy atom. The fraction of sp³-hybridized carbons (Fsp3) is 0.125. The van der Waals surface area contributed by atoms with E-state index < -0.39 is 12.2 Å². The lowest BCUT2D eigenvalue weighted by molar-refractivity contribution is 0.142. The van der Waals surface area contributed by atoms with E-state index in [-0.39, 0.29) is 11.3 Å². The van der Waals surface area contributed by atoms with Crippen LogP contribution in [0, 0.1) is 0 Å². The lowest BCUT2D eigenvalue weighted by Crippen LogP contribution is -1.84. The number of aromatic amines is 1. The predicted octanol–water partition coefficient (Wildman–Crippen LogP) is 2.21. The summed E-state index contributed by atoms with van der Waals surface area (Å²) in [5.41, 5.74) is 0.591. The van der Waals surface area contributed by atoms with Gasteiger partial charge in [0, 0.05) is 0 Å². The number of aromatic nitrogens is 2. The van der Waals surface area contributed by atoms with Gasteiger partial charge in [0.05, 0.1) is 5.52 Å². The first-order chi connectivity index (χ1) is 6.18. The van der Waals surface area contributed by atoms with Crippen molar-refractivity contribution in [1.82, 2.24) is 9.97 Å². The summed E-state index contributed by atoms with van der Waals surface area (Å²) >= 11 is 0. The number of H-pyrrole nitrogens is 1. The number of rotatable bonds is 1. The van der Waals surface area contributed by atoms with Crippen molar-refractivity contribution < 1.29 is 13.9 Å². The summed E-state index contributed by atoms with van der Waals surface area (Å²) in [4.78, 5) is 5.97. The first-order valence-corrected chi connectivity index (χ1v) is 3.64. The van der Waals surface area contributed by atoms with Crippen LogP contribution in [0.2, 0.25) is 0 Å². The summed E-state index contributed by atoms with van der Waals surface area (Å²) < 4.78 is 24.3. The standard InChI is InChI=1S/C8H6F2N2O/c9-7(10)8-11-4-2-1-3-5(13)6(4)12-8/h1-3,7,13H,(H,11,12). The van der Waals surface area contributed by atoms with E-state index in [0.717, 1.165) is 0 Å². The van der Waals surface area contributed by atoms with Crippen LogP contribution in [0.15, 0.2) is 18.2 Å². The van der Waals surface area contributed by atoms with Gasteiger partial charge >= 0.3 is 0 Å². The van der Waals surface area contributed by atoms with Gasteiger partial charge in [-0.05, 0) is 12.1 Å². The first kappa shape index (κ1) is 7.97. The summed E-state index contributed by atoms with van der Waals surface area (Å²) in [5, 5.41) is 9.24. The maximum Gasteiger partial charge on any atom is 0.295 e. The molecule has 1 aromatic carbocycles. The van der Waals surface area contributed by atoms with Gasteiger partial charge in [0.15, 0.2) is 5.82 Å². The normalized spacial score (nSPS) is 11.3. The third-order valence-corrected chi connectivity index (χ3v) is 1.72. The zero-order chi connectivity index (χ0) is 9.42. The van der Waals surface area contributed by atoms with Crippen molar-refractivity contribution in [3.05, 3.63) is 24.0 Å². The Hall–Kier alpha value is -1.65. The van der Waals surface area contributed by atoms with Crippen LogP contribution in [0.4, 0.5) is 8.78 Å². The molecule has 5 heteroatoms. The van der Waals surface area contributed by atoms with Crippen molar-refractivity contribution in [1.29, 1.82) is 0 Å². The van der Waals surface area contributed by atoms with Crippen molar-refractivity contribution in [2.75, 3.05) is 0 Å². The molecule has 0 bridgehead atoms. The van der Waals surface area contributed by atoms with Crippen LogP contribution in [0.1, 0.15) is 12.2 Å². The second-order valence-corrected chi connectivity index (χ2v) is 2.60. The first-order valence-electron chi connectivity index (χ1n) is 3.64. The molecule has 0 aliphatic heterocycles. The molecule has 0 aliphatic carbocycles. The molecule has 1 heterocycles. The number of aromatic hydroxyl groups is 1. The monoisotopic (exact) mass is 184 g/mol. The summed E-state index contributed by atoms with van der Waals surface area (Å²) in [6.07, 6.45) is -2.65. The number of phenols is 1. The van der Waals surface area contributed by atoms with Crippen LogP contribution in [0.25, 0.3) is 11.0 Å². The van der Waals surface area contributed by atoms with Crippen LogP contribution >= 0.6 is 0 Å². The van der Waals surface area contributed by atoms with E-state index in [9.17, 15) is 13.9 Å². The molecule has 3 nitrogen and oxygen atoms in total. The van der Waals surface area contributed by atoms with Crippen LogP contribution in [-0.2, 0) is 0 Å². The number of hydrogen-bond donors (Lipinski definition) is 2. The van der Waals surface area contributed by atoms with Crippen molar-refractivity contribution in [3.63, 3.8) is 0 Å². The molecule has 0 saturated heterocycles. The summed E-state index contributed by atoms with van der Waals surface area (Å²) in [5.74, 6) is -0.517. The summed E-state index contributed by atoms with van der Waals surface area (Å²) in [7, 11) is 0. The number of nitrogens with one attached hydrogen (secondary N) is 1. The fourth-order valence-corrected chi connectivity index (χ4v) is 1.14. The molecule has 0 amide bonds. The van der Waals surface area contributed by atoms with E-state index in [1.54, 1.807) is 12.1 Å². The number of benzene rings is 1. The zero-order valence-corrected chi connectivity index (χ0v) is 6.46. The lowest BCUT2D eigenvalue weighted by atomic mass is 10.3. The van der Waals surface area contributed by atoms with E-state index >= 15 is 0 Å². The van der Waals surface area contributed by atoms with Crippen LogP contribution in [0.5, 0.6) is 5.75 Å². The number of hydrogen-bond acceptors (Lipinski definition) is 2. The van der Waals surface area contributed by atoms with Gasteiger partial charge in [-0.1, -0.05) is 6.07 Å². The molecule has 0 fully saturated rings. The number of para-hydroxylation sites is 1. The van der Waals surface area contributed by atoms with E-state index in [4.69, 9.17) is 0 Å². The van der Waals surface area contributed by atoms with Crippen LogP contribution < -0.4 is 0 Å². The average Bonchev–Trinajstić information content (AvgIpc) is 2.49. The van der Waals surface area contributed by atoms with Gasteiger partial charge in [-0.2, -0.15) is 0 Å². The molecule has 1 aromatic heterocycles. The number of fused-ring (bicyclic) bond motifs is 1. The van der Waals surface area contributed by atoms with Gasteiger partial charge in [-0.3, -0.25) is 0 Å². The Morgan fingerprint density at radius 1 is 1.38 bits per heavy atom. The van der Waals surface area contributed by atoms with Crippen molar-refractivity contribution in [2.24, 2.45) is 0 Å². The van der Waals surface area contributed by atoms with Crippen LogP contribution in [-0.4, -0.2) is 15.1 Å². The molecule has 2 N–H and O–H groups in total. The second kappa shape index (κ2) is 2.69. The summed E-state index contributed by atoms with van der Waals surface area (Å²) in [6, 6.07) is 4.54. The van der Waals surface area contributed by atoms with Crippen molar-refractivity contribution in [3.8, 4) is 5.75 Å². The Labute approximate surface area is 72.0 Å². The smallest absolute Gasteiger partial charge is 0.295 e. The molecule has 0 unspecified atom stereocenters. The maximum atomic E-state index is 12.2. The Bertz CT molecular complexity index is 439. The van der Waals surface area contributed by atoms with Gasteiger partial charge < -0.3 is 10.1 Å². The SMILES string of the molecule is Oc1cccc2[nH]c(C(F)F)nc12. The second-order valence-electron chi connectivity index (χ2n) is 2.60. The molecule has 13 heavy (non-hydrogen) atoms. The number of alkyl halides is 2. The maximum absolute atomic E-state index is 12.2. The third-order valence-electron chi connectivity index (χ3n) is 1.72. The van der Waals surface area contributed by atoms with E-state index in [1.807, 2.05) is 0 Å². The molecule has 0 spiro atoms. The van der Waals surface area contributed by atoms with Crippen LogP contribution in [0.3, 0.4) is 0 Å². The molecule has 0 atom stereocenters. The number of imidazole rings is 1. The highest BCUT2D eigenvalue weighted by atomic mass is 19.3. The van der Waals surface area contributed by atoms with Gasteiger partial charge in [0.1, 0.15) is 11.3 Å². The molecular weight excluding hydrogens is 178 g/mol. The number of phenolic OH excluding ortho intramolecular Hbond substituents is 1. The van der Waals surface area contributed by atoms with Gasteiger partial charge in [-0.15, -0.1) is 0 Å². The largest absolute Gasteiger partial charge is 0.506 e. The highest BCUT2D eigenvalue weighted by molar-refractivity contribution is 5.81. The minimum atomic E-state index is -2.65. The quantitative estimate of drug-likeness (QED) is 0.713. The fourth-order valence-electron chi connectivity index (χ4n) is 1.14. The molecule has 0 saturated carbocycles. The molecule has 2 rings (SSSR count). The molecule has 0 aliphatic rings. The molecule has 0 radical (unpaired) electrons. The Balaban J connectivity index is 2.68. The highest BCUT2D eigenvalue weighted by Gasteiger charge is 2.13. The Morgan fingerprint density at radius 2 is 2.15 bits per heavy atom. The minimum absolute atomic E-state index is 0.0966. The zero-order valence-electron chi connectivity index (χ0n) is 6.46. The topological polar surface area (TPSA) is 48.9 Å². The van der Waals surface area contributed by atoms with Gasteiger partial charge in [0.25, 0.3) is 6.43 Å². The summed E-state index contributed by atoms with van der Waals surface area (Å²) in [6.45, 7) is 0. The highest BCUT2D eigenvalue weighted by Crippen LogP contribution is 2.25. The predicted molar refractivity (Wildman–Crippen MR) is 42.7 cm³/mol. The number of halogens is 2. The lowest BCUT2D eigenvalue weighted by Gasteiger charge is -1.89.